The van der Waals surface area contributed by atoms with Crippen molar-refractivity contribution in [1.29, 1.82) is 0 Å². The molecule has 1 fully saturated rings. The number of methoxy groups -OCH3 is 1. The van der Waals surface area contributed by atoms with Gasteiger partial charge in [-0.05, 0) is 33.1 Å². The molecule has 1 saturated heterocycles. The van der Waals surface area contributed by atoms with Crippen molar-refractivity contribution in [3.63, 3.8) is 0 Å². The zero-order chi connectivity index (χ0) is 15.4. The first-order valence-corrected chi connectivity index (χ1v) is 7.46. The van der Waals surface area contributed by atoms with Crippen LogP contribution in [0.15, 0.2) is 0 Å². The summed E-state index contributed by atoms with van der Waals surface area (Å²) in [5, 5.41) is 2.92. The van der Waals surface area contributed by atoms with Gasteiger partial charge in [0.1, 0.15) is 5.54 Å². The molecule has 0 aromatic heterocycles. The summed E-state index contributed by atoms with van der Waals surface area (Å²) in [6.07, 6.45) is 2.38. The zero-order valence-electron chi connectivity index (χ0n) is 13.4. The summed E-state index contributed by atoms with van der Waals surface area (Å²) in [6, 6.07) is 0. The van der Waals surface area contributed by atoms with Crippen LogP contribution in [0.5, 0.6) is 0 Å². The second-order valence-electron chi connectivity index (χ2n) is 6.09. The highest BCUT2D eigenvalue weighted by Crippen LogP contribution is 2.23. The maximum atomic E-state index is 12.8. The molecule has 2 amide bonds. The molecule has 5 heteroatoms. The molecular weight excluding hydrogens is 256 g/mol. The van der Waals surface area contributed by atoms with E-state index in [-0.39, 0.29) is 17.4 Å². The van der Waals surface area contributed by atoms with E-state index in [1.807, 2.05) is 32.6 Å². The molecular formula is C15H28N2O3. The first-order valence-electron chi connectivity index (χ1n) is 7.46. The molecule has 1 aliphatic rings. The van der Waals surface area contributed by atoms with Crippen molar-refractivity contribution in [3.05, 3.63) is 0 Å². The highest BCUT2D eigenvalue weighted by atomic mass is 16.5. The third-order valence-corrected chi connectivity index (χ3v) is 4.43. The van der Waals surface area contributed by atoms with Crippen LogP contribution in [0.1, 0.15) is 53.4 Å². The number of hydrogen-bond acceptors (Lipinski definition) is 3. The molecule has 0 saturated carbocycles. The molecule has 0 aromatic rings. The Morgan fingerprint density at radius 2 is 1.90 bits per heavy atom. The quantitative estimate of drug-likeness (QED) is 0.808. The number of nitrogens with one attached hydrogen (secondary N) is 1. The molecule has 0 radical (unpaired) electrons. The monoisotopic (exact) mass is 284 g/mol. The molecule has 0 aliphatic carbocycles. The van der Waals surface area contributed by atoms with Gasteiger partial charge in [-0.3, -0.25) is 9.59 Å². The maximum Gasteiger partial charge on any atom is 0.248 e. The molecule has 1 rings (SSSR count). The Balaban J connectivity index is 2.85. The zero-order valence-corrected chi connectivity index (χ0v) is 13.4. The van der Waals surface area contributed by atoms with Crippen molar-refractivity contribution in [2.75, 3.05) is 20.2 Å². The summed E-state index contributed by atoms with van der Waals surface area (Å²) < 4.78 is 5.40. The Labute approximate surface area is 122 Å². The smallest absolute Gasteiger partial charge is 0.248 e. The lowest BCUT2D eigenvalue weighted by Gasteiger charge is -2.35. The van der Waals surface area contributed by atoms with Gasteiger partial charge >= 0.3 is 0 Å². The molecule has 0 spiro atoms. The van der Waals surface area contributed by atoms with Gasteiger partial charge in [0, 0.05) is 26.6 Å². The largest absolute Gasteiger partial charge is 0.379 e. The van der Waals surface area contributed by atoms with Crippen LogP contribution in [-0.4, -0.2) is 48.1 Å². The fourth-order valence-electron chi connectivity index (χ4n) is 2.47. The van der Waals surface area contributed by atoms with Crippen LogP contribution >= 0.6 is 0 Å². The Kier molecular flexibility index (Phi) is 5.57. The van der Waals surface area contributed by atoms with Gasteiger partial charge in [-0.1, -0.05) is 13.8 Å². The lowest BCUT2D eigenvalue weighted by atomic mass is 9.91. The van der Waals surface area contributed by atoms with E-state index in [2.05, 4.69) is 5.32 Å². The van der Waals surface area contributed by atoms with Gasteiger partial charge in [0.15, 0.2) is 0 Å². The van der Waals surface area contributed by atoms with Crippen molar-refractivity contribution in [2.24, 2.45) is 0 Å². The van der Waals surface area contributed by atoms with E-state index in [1.165, 1.54) is 0 Å². The van der Waals surface area contributed by atoms with Crippen LogP contribution in [0.4, 0.5) is 0 Å². The number of amides is 2. The standard InChI is InChI=1S/C15H28N2O3/c1-6-15(7-2)13(19)17(10-8-12(18)16-15)11-9-14(3,4)20-5/h6-11H2,1-5H3,(H,16,18). The van der Waals surface area contributed by atoms with Crippen molar-refractivity contribution in [3.8, 4) is 0 Å². The van der Waals surface area contributed by atoms with Crippen molar-refractivity contribution < 1.29 is 14.3 Å². The fourth-order valence-corrected chi connectivity index (χ4v) is 2.47. The van der Waals surface area contributed by atoms with E-state index in [0.29, 0.717) is 32.4 Å². The summed E-state index contributed by atoms with van der Waals surface area (Å²) in [5.74, 6) is 0.0100. The Morgan fingerprint density at radius 1 is 1.30 bits per heavy atom. The Hall–Kier alpha value is -1.10. The number of carbonyl (C=O) groups excluding carboxylic acids is 2. The Bertz CT molecular complexity index is 362. The van der Waals surface area contributed by atoms with Gasteiger partial charge in [-0.2, -0.15) is 0 Å². The van der Waals surface area contributed by atoms with Crippen LogP contribution in [0.3, 0.4) is 0 Å². The van der Waals surface area contributed by atoms with Crippen molar-refractivity contribution in [2.45, 2.75) is 64.5 Å². The number of nitrogens with zero attached hydrogens (tertiary/aromatic N) is 1. The van der Waals surface area contributed by atoms with Gasteiger partial charge in [-0.25, -0.2) is 0 Å². The van der Waals surface area contributed by atoms with Gasteiger partial charge in [-0.15, -0.1) is 0 Å². The van der Waals surface area contributed by atoms with E-state index >= 15 is 0 Å². The highest BCUT2D eigenvalue weighted by molar-refractivity contribution is 5.93. The van der Waals surface area contributed by atoms with Crippen molar-refractivity contribution >= 4 is 11.8 Å². The molecule has 1 N–H and O–H groups in total. The van der Waals surface area contributed by atoms with E-state index in [9.17, 15) is 9.59 Å². The first kappa shape index (κ1) is 17.0. The minimum absolute atomic E-state index is 0.0319. The second kappa shape index (κ2) is 6.57. The lowest BCUT2D eigenvalue weighted by Crippen LogP contribution is -2.56. The average molecular weight is 284 g/mol. The third kappa shape index (κ3) is 3.72. The summed E-state index contributed by atoms with van der Waals surface area (Å²) in [4.78, 5) is 26.4. The second-order valence-corrected chi connectivity index (χ2v) is 6.09. The molecule has 1 aliphatic heterocycles. The van der Waals surface area contributed by atoms with E-state index < -0.39 is 5.54 Å². The molecule has 1 heterocycles. The van der Waals surface area contributed by atoms with Crippen LogP contribution in [0.2, 0.25) is 0 Å². The van der Waals surface area contributed by atoms with Crippen LogP contribution < -0.4 is 5.32 Å². The molecule has 0 bridgehead atoms. The molecule has 116 valence electrons. The Morgan fingerprint density at radius 3 is 2.40 bits per heavy atom. The normalized spacial score (nSPS) is 19.8. The first-order chi connectivity index (χ1) is 9.30. The van der Waals surface area contributed by atoms with Gasteiger partial charge < -0.3 is 15.0 Å². The highest BCUT2D eigenvalue weighted by Gasteiger charge is 2.41. The van der Waals surface area contributed by atoms with E-state index in [1.54, 1.807) is 7.11 Å². The average Bonchev–Trinajstić information content (AvgIpc) is 2.55. The van der Waals surface area contributed by atoms with E-state index in [4.69, 9.17) is 4.74 Å². The topological polar surface area (TPSA) is 58.6 Å². The van der Waals surface area contributed by atoms with Crippen LogP contribution in [-0.2, 0) is 14.3 Å². The summed E-state index contributed by atoms with van der Waals surface area (Å²) >= 11 is 0. The van der Waals surface area contributed by atoms with Crippen LogP contribution in [0.25, 0.3) is 0 Å². The lowest BCUT2D eigenvalue weighted by molar-refractivity contribution is -0.139. The van der Waals surface area contributed by atoms with Gasteiger partial charge in [0.25, 0.3) is 0 Å². The minimum atomic E-state index is -0.731. The predicted octanol–water partition coefficient (Wildman–Crippen LogP) is 1.71. The molecule has 20 heavy (non-hydrogen) atoms. The summed E-state index contributed by atoms with van der Waals surface area (Å²) in [6.45, 7) is 9.02. The number of carbonyl (C=O) groups is 2. The van der Waals surface area contributed by atoms with Crippen LogP contribution in [0, 0.1) is 0 Å². The number of ether oxygens (including phenoxy) is 1. The van der Waals surface area contributed by atoms with Gasteiger partial charge in [0.05, 0.1) is 5.60 Å². The molecule has 0 atom stereocenters. The number of rotatable bonds is 6. The molecule has 5 nitrogen and oxygen atoms in total. The fraction of sp³-hybridized carbons (Fsp3) is 0.867. The minimum Gasteiger partial charge on any atom is -0.379 e. The SMILES string of the molecule is CCC1(CC)NC(=O)CCN(CCC(C)(C)OC)C1=O. The van der Waals surface area contributed by atoms with Crippen molar-refractivity contribution in [1.82, 2.24) is 10.2 Å². The van der Waals surface area contributed by atoms with E-state index in [0.717, 1.165) is 6.42 Å². The predicted molar refractivity (Wildman–Crippen MR) is 78.4 cm³/mol. The summed E-state index contributed by atoms with van der Waals surface area (Å²) in [5.41, 5.74) is -0.990. The maximum absolute atomic E-state index is 12.8. The summed E-state index contributed by atoms with van der Waals surface area (Å²) in [7, 11) is 1.68. The molecule has 0 unspecified atom stereocenters. The molecule has 0 aromatic carbocycles. The third-order valence-electron chi connectivity index (χ3n) is 4.43. The number of hydrogen-bond donors (Lipinski definition) is 1. The van der Waals surface area contributed by atoms with Gasteiger partial charge in [0.2, 0.25) is 11.8 Å².